The Balaban J connectivity index is 2.06. The van der Waals surface area contributed by atoms with Crippen molar-refractivity contribution in [2.24, 2.45) is 0 Å². The highest BCUT2D eigenvalue weighted by atomic mass is 32.2. The third kappa shape index (κ3) is 3.00. The lowest BCUT2D eigenvalue weighted by atomic mass is 10.1. The Bertz CT molecular complexity index is 450. The van der Waals surface area contributed by atoms with Gasteiger partial charge in [-0.05, 0) is 25.3 Å². The standard InChI is InChI=1S/C12H15FN2O2S/c1-14(11-4-5-18-8-11)7-9-2-3-10(15(16)17)6-12(9)13/h2-3,6,11H,4-5,7-8H2,1H3. The van der Waals surface area contributed by atoms with Crippen molar-refractivity contribution in [3.05, 3.63) is 39.7 Å². The maximum absolute atomic E-state index is 13.7. The summed E-state index contributed by atoms with van der Waals surface area (Å²) in [5.41, 5.74) is 0.315. The molecule has 0 saturated carbocycles. The van der Waals surface area contributed by atoms with Crippen molar-refractivity contribution in [2.45, 2.75) is 19.0 Å². The first-order chi connectivity index (χ1) is 8.58. The number of thioether (sulfide) groups is 1. The molecule has 98 valence electrons. The minimum atomic E-state index is -0.579. The van der Waals surface area contributed by atoms with Crippen molar-refractivity contribution >= 4 is 17.4 Å². The van der Waals surface area contributed by atoms with E-state index < -0.39 is 10.7 Å². The van der Waals surface area contributed by atoms with Gasteiger partial charge in [0.2, 0.25) is 0 Å². The number of rotatable bonds is 4. The van der Waals surface area contributed by atoms with Crippen molar-refractivity contribution in [2.75, 3.05) is 18.6 Å². The second kappa shape index (κ2) is 5.67. The smallest absolute Gasteiger partial charge is 0.272 e. The number of hydrogen-bond donors (Lipinski definition) is 0. The van der Waals surface area contributed by atoms with E-state index in [-0.39, 0.29) is 5.69 Å². The minimum Gasteiger partial charge on any atom is -0.298 e. The summed E-state index contributed by atoms with van der Waals surface area (Å²) in [6.45, 7) is 0.495. The molecule has 1 heterocycles. The highest BCUT2D eigenvalue weighted by Crippen LogP contribution is 2.24. The van der Waals surface area contributed by atoms with Gasteiger partial charge in [0.1, 0.15) is 5.82 Å². The monoisotopic (exact) mass is 270 g/mol. The van der Waals surface area contributed by atoms with E-state index in [1.165, 1.54) is 12.1 Å². The fraction of sp³-hybridized carbons (Fsp3) is 0.500. The SMILES string of the molecule is CN(Cc1ccc([N+](=O)[O-])cc1F)C1CCSC1. The molecular formula is C12H15FN2O2S. The quantitative estimate of drug-likeness (QED) is 0.623. The third-order valence-corrected chi connectivity index (χ3v) is 4.34. The van der Waals surface area contributed by atoms with Crippen LogP contribution in [-0.2, 0) is 6.54 Å². The molecule has 0 aliphatic carbocycles. The molecule has 1 aliphatic heterocycles. The van der Waals surface area contributed by atoms with Gasteiger partial charge in [0.15, 0.2) is 0 Å². The van der Waals surface area contributed by atoms with Gasteiger partial charge in [0.25, 0.3) is 5.69 Å². The molecule has 1 saturated heterocycles. The topological polar surface area (TPSA) is 46.4 Å². The Kier molecular flexibility index (Phi) is 4.19. The Labute approximate surface area is 109 Å². The van der Waals surface area contributed by atoms with Crippen LogP contribution in [0.4, 0.5) is 10.1 Å². The summed E-state index contributed by atoms with van der Waals surface area (Å²) >= 11 is 1.91. The van der Waals surface area contributed by atoms with Crippen LogP contribution in [0.2, 0.25) is 0 Å². The Morgan fingerprint density at radius 2 is 2.39 bits per heavy atom. The molecule has 1 atom stereocenters. The maximum Gasteiger partial charge on any atom is 0.272 e. The molecule has 0 spiro atoms. The molecule has 0 amide bonds. The Morgan fingerprint density at radius 1 is 1.61 bits per heavy atom. The molecular weight excluding hydrogens is 255 g/mol. The third-order valence-electron chi connectivity index (χ3n) is 3.20. The van der Waals surface area contributed by atoms with Gasteiger partial charge in [-0.15, -0.1) is 0 Å². The predicted octanol–water partition coefficient (Wildman–Crippen LogP) is 2.67. The number of benzene rings is 1. The zero-order valence-corrected chi connectivity index (χ0v) is 11.0. The highest BCUT2D eigenvalue weighted by Gasteiger charge is 2.21. The van der Waals surface area contributed by atoms with Crippen molar-refractivity contribution in [3.63, 3.8) is 0 Å². The summed E-state index contributed by atoms with van der Waals surface area (Å²) in [6.07, 6.45) is 1.12. The second-order valence-electron chi connectivity index (χ2n) is 4.47. The van der Waals surface area contributed by atoms with Crippen LogP contribution in [0, 0.1) is 15.9 Å². The number of hydrogen-bond acceptors (Lipinski definition) is 4. The first-order valence-electron chi connectivity index (χ1n) is 5.78. The molecule has 2 rings (SSSR count). The molecule has 1 aliphatic rings. The normalized spacial score (nSPS) is 19.4. The number of halogens is 1. The van der Waals surface area contributed by atoms with Crippen LogP contribution < -0.4 is 0 Å². The van der Waals surface area contributed by atoms with Crippen LogP contribution in [0.3, 0.4) is 0 Å². The first kappa shape index (κ1) is 13.3. The minimum absolute atomic E-state index is 0.199. The Morgan fingerprint density at radius 3 is 2.94 bits per heavy atom. The largest absolute Gasteiger partial charge is 0.298 e. The van der Waals surface area contributed by atoms with Crippen molar-refractivity contribution in [3.8, 4) is 0 Å². The van der Waals surface area contributed by atoms with Crippen LogP contribution in [0.5, 0.6) is 0 Å². The molecule has 0 bridgehead atoms. The predicted molar refractivity (Wildman–Crippen MR) is 70.3 cm³/mol. The summed E-state index contributed by atoms with van der Waals surface area (Å²) < 4.78 is 13.7. The lowest BCUT2D eigenvalue weighted by molar-refractivity contribution is -0.385. The van der Waals surface area contributed by atoms with Gasteiger partial charge in [-0.1, -0.05) is 0 Å². The summed E-state index contributed by atoms with van der Waals surface area (Å²) in [5, 5.41) is 10.5. The highest BCUT2D eigenvalue weighted by molar-refractivity contribution is 7.99. The van der Waals surface area contributed by atoms with Crippen molar-refractivity contribution in [1.82, 2.24) is 4.90 Å². The maximum atomic E-state index is 13.7. The summed E-state index contributed by atoms with van der Waals surface area (Å²) in [6, 6.07) is 4.33. The molecule has 6 heteroatoms. The first-order valence-corrected chi connectivity index (χ1v) is 6.94. The van der Waals surface area contributed by atoms with Crippen LogP contribution in [0.25, 0.3) is 0 Å². The number of nitrogens with zero attached hydrogens (tertiary/aromatic N) is 2. The zero-order valence-electron chi connectivity index (χ0n) is 10.1. The van der Waals surface area contributed by atoms with Gasteiger partial charge in [-0.3, -0.25) is 15.0 Å². The van der Waals surface area contributed by atoms with Crippen molar-refractivity contribution < 1.29 is 9.31 Å². The Hall–Kier alpha value is -1.14. The molecule has 1 fully saturated rings. The van der Waals surface area contributed by atoms with Crippen LogP contribution >= 0.6 is 11.8 Å². The van der Waals surface area contributed by atoms with Gasteiger partial charge < -0.3 is 0 Å². The molecule has 0 aromatic heterocycles. The van der Waals surface area contributed by atoms with Gasteiger partial charge in [-0.25, -0.2) is 4.39 Å². The molecule has 1 aromatic rings. The summed E-state index contributed by atoms with van der Waals surface area (Å²) in [7, 11) is 1.97. The lowest BCUT2D eigenvalue weighted by Gasteiger charge is -2.23. The van der Waals surface area contributed by atoms with E-state index in [1.54, 1.807) is 0 Å². The van der Waals surface area contributed by atoms with E-state index in [2.05, 4.69) is 4.90 Å². The molecule has 0 N–H and O–H groups in total. The number of non-ortho nitro benzene ring substituents is 1. The van der Waals surface area contributed by atoms with E-state index in [0.717, 1.165) is 24.0 Å². The molecule has 1 aromatic carbocycles. The molecule has 1 unspecified atom stereocenters. The average Bonchev–Trinajstić information content (AvgIpc) is 2.85. The van der Waals surface area contributed by atoms with E-state index in [4.69, 9.17) is 0 Å². The summed E-state index contributed by atoms with van der Waals surface area (Å²) in [4.78, 5) is 12.1. The van der Waals surface area contributed by atoms with Gasteiger partial charge >= 0.3 is 0 Å². The molecule has 18 heavy (non-hydrogen) atoms. The van der Waals surface area contributed by atoms with Crippen molar-refractivity contribution in [1.29, 1.82) is 0 Å². The molecule has 0 radical (unpaired) electrons. The van der Waals surface area contributed by atoms with Crippen LogP contribution in [-0.4, -0.2) is 34.4 Å². The second-order valence-corrected chi connectivity index (χ2v) is 5.62. The summed E-state index contributed by atoms with van der Waals surface area (Å²) in [5.74, 6) is 1.73. The van der Waals surface area contributed by atoms with E-state index in [9.17, 15) is 14.5 Å². The number of nitro benzene ring substituents is 1. The van der Waals surface area contributed by atoms with E-state index in [0.29, 0.717) is 18.2 Å². The fourth-order valence-corrected chi connectivity index (χ4v) is 3.34. The van der Waals surface area contributed by atoms with Gasteiger partial charge in [-0.2, -0.15) is 11.8 Å². The van der Waals surface area contributed by atoms with Crippen LogP contribution in [0.1, 0.15) is 12.0 Å². The lowest BCUT2D eigenvalue weighted by Crippen LogP contribution is -2.31. The molecule has 4 nitrogen and oxygen atoms in total. The van der Waals surface area contributed by atoms with E-state index >= 15 is 0 Å². The van der Waals surface area contributed by atoms with E-state index in [1.807, 2.05) is 18.8 Å². The van der Waals surface area contributed by atoms with Crippen LogP contribution in [0.15, 0.2) is 18.2 Å². The zero-order chi connectivity index (χ0) is 13.1. The average molecular weight is 270 g/mol. The van der Waals surface area contributed by atoms with Gasteiger partial charge in [0, 0.05) is 30.0 Å². The van der Waals surface area contributed by atoms with Gasteiger partial charge in [0.05, 0.1) is 11.0 Å². The number of nitro groups is 1. The fourth-order valence-electron chi connectivity index (χ4n) is 2.05.